The summed E-state index contributed by atoms with van der Waals surface area (Å²) < 4.78 is 46.2. The van der Waals surface area contributed by atoms with E-state index in [1.54, 1.807) is 35.4 Å². The van der Waals surface area contributed by atoms with Crippen molar-refractivity contribution < 1.29 is 17.9 Å². The predicted molar refractivity (Wildman–Crippen MR) is 139 cm³/mol. The summed E-state index contributed by atoms with van der Waals surface area (Å²) >= 11 is 12.0. The van der Waals surface area contributed by atoms with Gasteiger partial charge in [0, 0.05) is 30.2 Å². The van der Waals surface area contributed by atoms with Gasteiger partial charge in [-0.25, -0.2) is 9.07 Å². The minimum absolute atomic E-state index is 0.0161. The monoisotopic (exact) mass is 601 g/mol. The second-order valence-electron chi connectivity index (χ2n) is 8.69. The van der Waals surface area contributed by atoms with Crippen molar-refractivity contribution in [2.45, 2.75) is 19.1 Å². The molecule has 0 aliphatic rings. The Kier molecular flexibility index (Phi) is 6.88. The van der Waals surface area contributed by atoms with Crippen LogP contribution in [-0.4, -0.2) is 49.5 Å². The first-order valence-electron chi connectivity index (χ1n) is 11.8. The average Bonchev–Trinajstić information content (AvgIpc) is 3.76. The summed E-state index contributed by atoms with van der Waals surface area (Å²) in [6.45, 7) is -2.70. The SMILES string of the molecule is [O-][n+]1cc(-c2c(-n3cc(Cl)nn3)ccc(Cl)c2F)ccc1[C@@H](Cn1cccn1)n1cc(-c2cnn(C(F)F)n2)cn1. The molecule has 208 valence electrons. The molecular weight excluding hydrogens is 586 g/mol. The third-order valence-corrected chi connectivity index (χ3v) is 6.64. The van der Waals surface area contributed by atoms with Crippen molar-refractivity contribution in [3.05, 3.63) is 101 Å². The van der Waals surface area contributed by atoms with Gasteiger partial charge in [-0.2, -0.15) is 28.8 Å². The molecule has 0 aliphatic heterocycles. The Bertz CT molecular complexity index is 1830. The highest BCUT2D eigenvalue weighted by molar-refractivity contribution is 6.31. The molecule has 0 saturated carbocycles. The van der Waals surface area contributed by atoms with E-state index in [1.807, 2.05) is 0 Å². The van der Waals surface area contributed by atoms with Crippen LogP contribution < -0.4 is 4.73 Å². The summed E-state index contributed by atoms with van der Waals surface area (Å²) in [6.07, 6.45) is 10.1. The summed E-state index contributed by atoms with van der Waals surface area (Å²) in [4.78, 5) is 0.286. The Hall–Kier alpha value is -4.76. The van der Waals surface area contributed by atoms with Gasteiger partial charge in [0.2, 0.25) is 5.69 Å². The highest BCUT2D eigenvalue weighted by Crippen LogP contribution is 2.34. The smallest absolute Gasteiger partial charge is 0.348 e. The van der Waals surface area contributed by atoms with Crippen LogP contribution in [-0.2, 0) is 6.54 Å². The van der Waals surface area contributed by atoms with Crippen LogP contribution in [0, 0.1) is 11.0 Å². The average molecular weight is 602 g/mol. The van der Waals surface area contributed by atoms with Crippen LogP contribution in [0.4, 0.5) is 13.2 Å². The van der Waals surface area contributed by atoms with E-state index in [1.165, 1.54) is 52.4 Å². The van der Waals surface area contributed by atoms with Crippen molar-refractivity contribution >= 4 is 23.2 Å². The van der Waals surface area contributed by atoms with Crippen molar-refractivity contribution in [3.8, 4) is 28.1 Å². The van der Waals surface area contributed by atoms with E-state index in [0.717, 1.165) is 0 Å². The van der Waals surface area contributed by atoms with E-state index >= 15 is 4.39 Å². The van der Waals surface area contributed by atoms with E-state index in [4.69, 9.17) is 23.2 Å². The highest BCUT2D eigenvalue weighted by Gasteiger charge is 2.27. The molecule has 0 aliphatic carbocycles. The van der Waals surface area contributed by atoms with E-state index in [0.29, 0.717) is 10.3 Å². The minimum atomic E-state index is -2.89. The summed E-state index contributed by atoms with van der Waals surface area (Å²) in [6, 6.07) is 7.00. The second-order valence-corrected chi connectivity index (χ2v) is 9.48. The molecule has 0 radical (unpaired) electrons. The first-order valence-corrected chi connectivity index (χ1v) is 12.6. The molecule has 5 heterocycles. The number of benzene rings is 1. The fourth-order valence-electron chi connectivity index (χ4n) is 4.31. The topological polar surface area (TPSA) is 124 Å². The van der Waals surface area contributed by atoms with Gasteiger partial charge in [-0.1, -0.05) is 28.4 Å². The summed E-state index contributed by atoms with van der Waals surface area (Å²) in [5.41, 5.74) is 1.32. The molecule has 0 saturated heterocycles. The molecule has 17 heteroatoms. The largest absolute Gasteiger partial charge is 0.618 e. The van der Waals surface area contributed by atoms with Crippen LogP contribution in [0.5, 0.6) is 0 Å². The lowest BCUT2D eigenvalue weighted by atomic mass is 10.0. The van der Waals surface area contributed by atoms with Crippen molar-refractivity contribution in [2.75, 3.05) is 0 Å². The van der Waals surface area contributed by atoms with Crippen LogP contribution in [0.1, 0.15) is 18.3 Å². The molecule has 5 aromatic heterocycles. The normalized spacial score (nSPS) is 12.3. The number of rotatable bonds is 8. The predicted octanol–water partition coefficient (Wildman–Crippen LogP) is 4.35. The molecular formula is C24H16Cl2F3N11O. The Morgan fingerprint density at radius 2 is 1.85 bits per heavy atom. The molecule has 0 fully saturated rings. The molecule has 1 atom stereocenters. The molecule has 6 rings (SSSR count). The van der Waals surface area contributed by atoms with E-state index in [-0.39, 0.29) is 49.7 Å². The standard InChI is InChI=1S/C24H16Cl2F3N11O/c25-16-3-5-19(38-13-21(26)33-35-38)22(23(16)27)14-2-4-18(39(41)11-14)20(12-36-7-1-6-30-36)37-10-15(8-31-37)17-9-32-40(34-17)24(28)29/h1-11,13,20,24H,12H2/t20-/m1/s1. The number of pyridine rings is 1. The Balaban J connectivity index is 1.41. The number of hydrogen-bond acceptors (Lipinski definition) is 7. The summed E-state index contributed by atoms with van der Waals surface area (Å²) in [5, 5.41) is 37.0. The van der Waals surface area contributed by atoms with Crippen molar-refractivity contribution in [2.24, 2.45) is 0 Å². The van der Waals surface area contributed by atoms with Gasteiger partial charge in [0.1, 0.15) is 5.69 Å². The lowest BCUT2D eigenvalue weighted by Gasteiger charge is -2.18. The van der Waals surface area contributed by atoms with E-state index < -0.39 is 18.4 Å². The third-order valence-electron chi connectivity index (χ3n) is 6.18. The van der Waals surface area contributed by atoms with E-state index in [2.05, 4.69) is 30.7 Å². The number of halogens is 5. The van der Waals surface area contributed by atoms with Gasteiger partial charge in [-0.15, -0.1) is 15.0 Å². The van der Waals surface area contributed by atoms with Gasteiger partial charge < -0.3 is 5.21 Å². The van der Waals surface area contributed by atoms with Gasteiger partial charge in [-0.05, 0) is 24.3 Å². The Morgan fingerprint density at radius 3 is 2.54 bits per heavy atom. The number of aromatic nitrogens is 11. The van der Waals surface area contributed by atoms with Crippen LogP contribution in [0.15, 0.2) is 73.7 Å². The molecule has 0 amide bonds. The maximum absolute atomic E-state index is 15.3. The molecule has 1 aromatic carbocycles. The lowest BCUT2D eigenvalue weighted by Crippen LogP contribution is -2.37. The lowest BCUT2D eigenvalue weighted by molar-refractivity contribution is -0.615. The van der Waals surface area contributed by atoms with Crippen molar-refractivity contribution in [1.82, 2.24) is 49.5 Å². The Morgan fingerprint density at radius 1 is 1.00 bits per heavy atom. The molecule has 0 bridgehead atoms. The fourth-order valence-corrected chi connectivity index (χ4v) is 4.59. The molecule has 12 nitrogen and oxygen atoms in total. The molecule has 41 heavy (non-hydrogen) atoms. The molecule has 0 unspecified atom stereocenters. The summed E-state index contributed by atoms with van der Waals surface area (Å²) in [5.74, 6) is -0.759. The summed E-state index contributed by atoms with van der Waals surface area (Å²) in [7, 11) is 0. The third kappa shape index (κ3) is 5.12. The first-order chi connectivity index (χ1) is 19.8. The zero-order valence-corrected chi connectivity index (χ0v) is 22.0. The van der Waals surface area contributed by atoms with Gasteiger partial charge in [0.25, 0.3) is 0 Å². The number of alkyl halides is 2. The van der Waals surface area contributed by atoms with Crippen molar-refractivity contribution in [3.63, 3.8) is 0 Å². The fraction of sp³-hybridized carbons (Fsp3) is 0.125. The number of nitrogens with zero attached hydrogens (tertiary/aromatic N) is 11. The van der Waals surface area contributed by atoms with Gasteiger partial charge in [-0.3, -0.25) is 9.36 Å². The van der Waals surface area contributed by atoms with Gasteiger partial charge >= 0.3 is 6.55 Å². The first kappa shape index (κ1) is 26.5. The van der Waals surface area contributed by atoms with E-state index in [9.17, 15) is 14.0 Å². The minimum Gasteiger partial charge on any atom is -0.618 e. The maximum atomic E-state index is 15.3. The quantitative estimate of drug-likeness (QED) is 0.188. The highest BCUT2D eigenvalue weighted by atomic mass is 35.5. The van der Waals surface area contributed by atoms with Crippen LogP contribution in [0.2, 0.25) is 10.2 Å². The molecule has 0 spiro atoms. The molecule has 6 aromatic rings. The Labute approximate surface area is 238 Å². The zero-order valence-electron chi connectivity index (χ0n) is 20.5. The van der Waals surface area contributed by atoms with Gasteiger partial charge in [0.05, 0.1) is 47.0 Å². The van der Waals surface area contributed by atoms with Crippen LogP contribution in [0.3, 0.4) is 0 Å². The maximum Gasteiger partial charge on any atom is 0.348 e. The van der Waals surface area contributed by atoms with Crippen LogP contribution >= 0.6 is 23.2 Å². The second kappa shape index (κ2) is 10.7. The van der Waals surface area contributed by atoms with Crippen LogP contribution in [0.25, 0.3) is 28.1 Å². The van der Waals surface area contributed by atoms with Gasteiger partial charge in [0.15, 0.2) is 23.2 Å². The molecule has 0 N–H and O–H groups in total. The zero-order chi connectivity index (χ0) is 28.7. The van der Waals surface area contributed by atoms with Crippen molar-refractivity contribution in [1.29, 1.82) is 0 Å². The number of hydrogen-bond donors (Lipinski definition) is 0.